The standard InChI is InChI=1S/C36H45N3O4S/c1-4-7-22-37(20-5-2)35(43)32-36-19-18-29(44-36)30(33(41)38(21-6-3)24-27-16-12-9-13-17-27)31(36)34(42)39(32)28(25-40)23-26-14-10-8-11-15-26/h5-6,8-17,28-32,40H,2-4,7,18-25H2,1H3/t28-,29-,30+,31+,32?,36?/m1/s1. The van der Waals surface area contributed by atoms with E-state index in [-0.39, 0.29) is 29.6 Å². The minimum atomic E-state index is -0.757. The molecular weight excluding hydrogens is 570 g/mol. The fourth-order valence-electron chi connectivity index (χ4n) is 7.55. The molecule has 44 heavy (non-hydrogen) atoms. The first-order valence-electron chi connectivity index (χ1n) is 15.9. The van der Waals surface area contributed by atoms with Crippen LogP contribution in [0.25, 0.3) is 0 Å². The number of thioether (sulfide) groups is 1. The molecule has 2 aromatic carbocycles. The van der Waals surface area contributed by atoms with Crippen LogP contribution in [-0.2, 0) is 27.3 Å². The predicted molar refractivity (Wildman–Crippen MR) is 176 cm³/mol. The molecule has 3 fully saturated rings. The summed E-state index contributed by atoms with van der Waals surface area (Å²) in [5.74, 6) is -1.51. The lowest BCUT2D eigenvalue weighted by atomic mass is 9.70. The van der Waals surface area contributed by atoms with Crippen molar-refractivity contribution in [3.8, 4) is 0 Å². The normalized spacial score (nSPS) is 25.9. The molecule has 2 aromatic rings. The van der Waals surface area contributed by atoms with Crippen molar-refractivity contribution in [2.24, 2.45) is 11.8 Å². The number of fused-ring (bicyclic) bond motifs is 1. The van der Waals surface area contributed by atoms with E-state index in [1.165, 1.54) is 0 Å². The molecule has 8 heteroatoms. The number of likely N-dealkylation sites (tertiary alicyclic amines) is 1. The number of unbranched alkanes of at least 4 members (excludes halogenated alkanes) is 1. The van der Waals surface area contributed by atoms with Crippen molar-refractivity contribution < 1.29 is 19.5 Å². The average Bonchev–Trinajstić information content (AvgIpc) is 3.69. The highest BCUT2D eigenvalue weighted by atomic mass is 32.2. The molecule has 3 amide bonds. The second kappa shape index (κ2) is 14.2. The van der Waals surface area contributed by atoms with Gasteiger partial charge in [0.15, 0.2) is 0 Å². The molecule has 3 saturated heterocycles. The lowest BCUT2D eigenvalue weighted by Gasteiger charge is -2.39. The molecule has 7 nitrogen and oxygen atoms in total. The summed E-state index contributed by atoms with van der Waals surface area (Å²) in [6.07, 6.45) is 7.13. The van der Waals surface area contributed by atoms with E-state index < -0.39 is 28.7 Å². The zero-order valence-corrected chi connectivity index (χ0v) is 26.5. The van der Waals surface area contributed by atoms with Crippen LogP contribution < -0.4 is 0 Å². The van der Waals surface area contributed by atoms with Gasteiger partial charge in [-0.05, 0) is 36.8 Å². The Bertz CT molecular complexity index is 1340. The van der Waals surface area contributed by atoms with Gasteiger partial charge in [-0.2, -0.15) is 0 Å². The number of hydrogen-bond acceptors (Lipinski definition) is 5. The number of rotatable bonds is 15. The molecule has 1 N–H and O–H groups in total. The van der Waals surface area contributed by atoms with Crippen molar-refractivity contribution in [2.75, 3.05) is 26.2 Å². The van der Waals surface area contributed by atoms with Gasteiger partial charge in [-0.1, -0.05) is 86.2 Å². The summed E-state index contributed by atoms with van der Waals surface area (Å²) in [4.78, 5) is 49.1. The molecule has 3 aliphatic rings. The van der Waals surface area contributed by atoms with Gasteiger partial charge in [0.05, 0.1) is 29.2 Å². The van der Waals surface area contributed by atoms with Crippen molar-refractivity contribution >= 4 is 29.5 Å². The molecule has 5 rings (SSSR count). The Balaban J connectivity index is 1.54. The molecule has 2 bridgehead atoms. The van der Waals surface area contributed by atoms with E-state index in [0.717, 1.165) is 30.4 Å². The summed E-state index contributed by atoms with van der Waals surface area (Å²) in [7, 11) is 0. The van der Waals surface area contributed by atoms with E-state index in [1.807, 2.05) is 65.6 Å². The van der Waals surface area contributed by atoms with Gasteiger partial charge in [-0.15, -0.1) is 24.9 Å². The van der Waals surface area contributed by atoms with Crippen molar-refractivity contribution in [1.29, 1.82) is 0 Å². The average molecular weight is 616 g/mol. The van der Waals surface area contributed by atoms with Gasteiger partial charge >= 0.3 is 0 Å². The fraction of sp³-hybridized carbons (Fsp3) is 0.472. The molecule has 6 atom stereocenters. The largest absolute Gasteiger partial charge is 0.394 e. The summed E-state index contributed by atoms with van der Waals surface area (Å²) >= 11 is 1.67. The van der Waals surface area contributed by atoms with Gasteiger partial charge in [0, 0.05) is 31.4 Å². The van der Waals surface area contributed by atoms with E-state index in [4.69, 9.17) is 0 Å². The number of amides is 3. The Kier molecular flexibility index (Phi) is 10.3. The zero-order valence-electron chi connectivity index (χ0n) is 25.7. The highest BCUT2D eigenvalue weighted by Gasteiger charge is 2.74. The number of carbonyl (C=O) groups is 3. The first-order valence-corrected chi connectivity index (χ1v) is 16.8. The Morgan fingerprint density at radius 2 is 1.66 bits per heavy atom. The number of nitrogens with zero attached hydrogens (tertiary/aromatic N) is 3. The molecule has 1 spiro atoms. The Labute approximate surface area is 266 Å². The van der Waals surface area contributed by atoms with Crippen molar-refractivity contribution in [1.82, 2.24) is 14.7 Å². The van der Waals surface area contributed by atoms with E-state index in [2.05, 4.69) is 20.1 Å². The summed E-state index contributed by atoms with van der Waals surface area (Å²) in [5.41, 5.74) is 2.00. The van der Waals surface area contributed by atoms with Crippen LogP contribution in [0.2, 0.25) is 0 Å². The molecule has 3 aliphatic heterocycles. The number of hydrogen-bond donors (Lipinski definition) is 1. The molecule has 0 aliphatic carbocycles. The number of aliphatic hydroxyl groups is 1. The minimum absolute atomic E-state index is 0.0396. The zero-order chi connectivity index (χ0) is 31.3. The Morgan fingerprint density at radius 3 is 2.27 bits per heavy atom. The molecule has 2 unspecified atom stereocenters. The highest BCUT2D eigenvalue weighted by Crippen LogP contribution is 2.67. The lowest BCUT2D eigenvalue weighted by Crippen LogP contribution is -2.58. The van der Waals surface area contributed by atoms with Crippen LogP contribution in [0.5, 0.6) is 0 Å². The van der Waals surface area contributed by atoms with Gasteiger partial charge in [0.1, 0.15) is 6.04 Å². The van der Waals surface area contributed by atoms with Crippen LogP contribution in [0.4, 0.5) is 0 Å². The first-order chi connectivity index (χ1) is 21.4. The monoisotopic (exact) mass is 615 g/mol. The van der Waals surface area contributed by atoms with Crippen molar-refractivity contribution in [3.63, 3.8) is 0 Å². The number of benzene rings is 2. The fourth-order valence-corrected chi connectivity index (χ4v) is 9.75. The molecular formula is C36H45N3O4S. The lowest BCUT2D eigenvalue weighted by molar-refractivity contribution is -0.147. The van der Waals surface area contributed by atoms with E-state index >= 15 is 0 Å². The second-order valence-corrected chi connectivity index (χ2v) is 13.8. The summed E-state index contributed by atoms with van der Waals surface area (Å²) in [5, 5.41) is 10.7. The van der Waals surface area contributed by atoms with Crippen LogP contribution in [0, 0.1) is 11.8 Å². The van der Waals surface area contributed by atoms with Gasteiger partial charge < -0.3 is 19.8 Å². The van der Waals surface area contributed by atoms with Crippen molar-refractivity contribution in [3.05, 3.63) is 97.1 Å². The van der Waals surface area contributed by atoms with Gasteiger partial charge in [0.2, 0.25) is 17.7 Å². The molecule has 3 heterocycles. The third kappa shape index (κ3) is 5.98. The smallest absolute Gasteiger partial charge is 0.247 e. The van der Waals surface area contributed by atoms with Crippen LogP contribution >= 0.6 is 11.8 Å². The summed E-state index contributed by atoms with van der Waals surface area (Å²) in [6.45, 7) is 11.4. The molecule has 0 radical (unpaired) electrons. The first kappa shape index (κ1) is 32.0. The van der Waals surface area contributed by atoms with E-state index in [9.17, 15) is 19.5 Å². The van der Waals surface area contributed by atoms with Gasteiger partial charge in [0.25, 0.3) is 0 Å². The second-order valence-electron chi connectivity index (χ2n) is 12.2. The maximum absolute atomic E-state index is 14.7. The van der Waals surface area contributed by atoms with Crippen LogP contribution in [0.1, 0.15) is 43.7 Å². The number of aliphatic hydroxyl groups excluding tert-OH is 1. The van der Waals surface area contributed by atoms with E-state index in [0.29, 0.717) is 39.0 Å². The molecule has 0 saturated carbocycles. The highest BCUT2D eigenvalue weighted by molar-refractivity contribution is 8.02. The van der Waals surface area contributed by atoms with Gasteiger partial charge in [-0.25, -0.2) is 0 Å². The van der Waals surface area contributed by atoms with E-state index in [1.54, 1.807) is 33.7 Å². The molecule has 234 valence electrons. The summed E-state index contributed by atoms with van der Waals surface area (Å²) in [6, 6.07) is 18.3. The topological polar surface area (TPSA) is 81.2 Å². The quantitative estimate of drug-likeness (QED) is 0.294. The molecule has 0 aromatic heterocycles. The summed E-state index contributed by atoms with van der Waals surface area (Å²) < 4.78 is -0.721. The predicted octanol–water partition coefficient (Wildman–Crippen LogP) is 4.71. The Hall–Kier alpha value is -3.36. The Morgan fingerprint density at radius 1 is 1.02 bits per heavy atom. The maximum atomic E-state index is 14.7. The SMILES string of the molecule is C=CCN(CCCC)C(=O)C1N([C@@H](CO)Cc2ccccc2)C(=O)[C@@H]2[C@@H](C(=O)N(CC=C)Cc3ccccc3)[C@H]3CCC12S3. The van der Waals surface area contributed by atoms with Crippen LogP contribution in [-0.4, -0.2) is 85.8 Å². The third-order valence-corrected chi connectivity index (χ3v) is 11.4. The maximum Gasteiger partial charge on any atom is 0.247 e. The van der Waals surface area contributed by atoms with Crippen LogP contribution in [0.15, 0.2) is 86.0 Å². The number of carbonyl (C=O) groups excluding carboxylic acids is 3. The minimum Gasteiger partial charge on any atom is -0.394 e. The third-order valence-electron chi connectivity index (χ3n) is 9.50. The van der Waals surface area contributed by atoms with Crippen LogP contribution in [0.3, 0.4) is 0 Å². The van der Waals surface area contributed by atoms with Crippen molar-refractivity contribution in [2.45, 2.75) is 67.7 Å². The van der Waals surface area contributed by atoms with Gasteiger partial charge in [-0.3, -0.25) is 14.4 Å².